The maximum absolute atomic E-state index is 13.0. The van der Waals surface area contributed by atoms with Crippen molar-refractivity contribution in [3.63, 3.8) is 0 Å². The zero-order chi connectivity index (χ0) is 23.0. The molecule has 0 unspecified atom stereocenters. The van der Waals surface area contributed by atoms with E-state index in [1.807, 2.05) is 19.9 Å². The van der Waals surface area contributed by atoms with Crippen LogP contribution in [0.5, 0.6) is 5.75 Å². The highest BCUT2D eigenvalue weighted by Crippen LogP contribution is 2.33. The van der Waals surface area contributed by atoms with Gasteiger partial charge in [0.1, 0.15) is 5.75 Å². The van der Waals surface area contributed by atoms with Crippen LogP contribution in [-0.4, -0.2) is 43.7 Å². The van der Waals surface area contributed by atoms with Gasteiger partial charge in [0.05, 0.1) is 10.6 Å². The van der Waals surface area contributed by atoms with Gasteiger partial charge in [-0.1, -0.05) is 6.07 Å². The first kappa shape index (κ1) is 22.3. The topological polar surface area (TPSA) is 105 Å². The molecule has 2 aromatic rings. The van der Waals surface area contributed by atoms with Gasteiger partial charge in [-0.25, -0.2) is 8.42 Å². The van der Waals surface area contributed by atoms with Crippen LogP contribution in [0.15, 0.2) is 41.3 Å². The summed E-state index contributed by atoms with van der Waals surface area (Å²) in [5.41, 5.74) is 3.04. The Labute approximate surface area is 188 Å². The number of ether oxygens (including phenoxy) is 1. The van der Waals surface area contributed by atoms with Crippen LogP contribution in [0.3, 0.4) is 0 Å². The zero-order valence-electron chi connectivity index (χ0n) is 18.3. The molecular formula is C23H27N3O5S. The van der Waals surface area contributed by atoms with Crippen molar-refractivity contribution in [1.29, 1.82) is 0 Å². The molecule has 4 rings (SSSR count). The quantitative estimate of drug-likeness (QED) is 0.734. The molecule has 2 amide bonds. The van der Waals surface area contributed by atoms with Gasteiger partial charge in [-0.3, -0.25) is 9.59 Å². The molecule has 0 aromatic heterocycles. The van der Waals surface area contributed by atoms with Gasteiger partial charge in [-0.2, -0.15) is 4.31 Å². The molecule has 0 radical (unpaired) electrons. The summed E-state index contributed by atoms with van der Waals surface area (Å²) in [4.78, 5) is 24.9. The highest BCUT2D eigenvalue weighted by molar-refractivity contribution is 7.89. The second-order valence-corrected chi connectivity index (χ2v) is 10.3. The van der Waals surface area contributed by atoms with E-state index >= 15 is 0 Å². The Morgan fingerprint density at radius 2 is 1.81 bits per heavy atom. The van der Waals surface area contributed by atoms with Crippen molar-refractivity contribution in [2.45, 2.75) is 44.6 Å². The summed E-state index contributed by atoms with van der Waals surface area (Å²) >= 11 is 0. The molecule has 0 spiro atoms. The Hall–Kier alpha value is -2.91. The fourth-order valence-corrected chi connectivity index (χ4v) is 5.47. The lowest BCUT2D eigenvalue weighted by atomic mass is 9.97. The van der Waals surface area contributed by atoms with E-state index in [9.17, 15) is 18.0 Å². The molecule has 9 heteroatoms. The highest BCUT2D eigenvalue weighted by Gasteiger charge is 2.32. The van der Waals surface area contributed by atoms with Gasteiger partial charge in [-0.15, -0.1) is 0 Å². The predicted molar refractivity (Wildman–Crippen MR) is 121 cm³/mol. The Kier molecular flexibility index (Phi) is 5.96. The number of carbonyl (C=O) groups is 2. The summed E-state index contributed by atoms with van der Waals surface area (Å²) in [6.45, 7) is 6.09. The summed E-state index contributed by atoms with van der Waals surface area (Å²) in [5.74, 6) is -0.133. The van der Waals surface area contributed by atoms with Crippen LogP contribution in [-0.2, 0) is 19.6 Å². The summed E-state index contributed by atoms with van der Waals surface area (Å²) in [7, 11) is -3.58. The molecular weight excluding hydrogens is 430 g/mol. The van der Waals surface area contributed by atoms with Gasteiger partial charge in [0.15, 0.2) is 6.10 Å². The number of benzene rings is 2. The number of hydrogen-bond donors (Lipinski definition) is 2. The maximum Gasteiger partial charge on any atom is 0.265 e. The molecule has 0 bridgehead atoms. The normalized spacial score (nSPS) is 19.6. The summed E-state index contributed by atoms with van der Waals surface area (Å²) in [6.07, 6.45) is 0.324. The number of nitrogens with one attached hydrogen (secondary N) is 2. The van der Waals surface area contributed by atoms with Gasteiger partial charge >= 0.3 is 0 Å². The number of anilines is 2. The molecule has 2 N–H and O–H groups in total. The van der Waals surface area contributed by atoms with Crippen LogP contribution in [0.1, 0.15) is 30.9 Å². The van der Waals surface area contributed by atoms with Crippen molar-refractivity contribution < 1.29 is 22.7 Å². The van der Waals surface area contributed by atoms with Crippen molar-refractivity contribution in [1.82, 2.24) is 4.31 Å². The Morgan fingerprint density at radius 3 is 2.50 bits per heavy atom. The average Bonchev–Trinajstić information content (AvgIpc) is 2.76. The number of piperidine rings is 1. The second-order valence-electron chi connectivity index (χ2n) is 8.37. The van der Waals surface area contributed by atoms with E-state index in [0.29, 0.717) is 43.1 Å². The number of fused-ring (bicyclic) bond motifs is 1. The summed E-state index contributed by atoms with van der Waals surface area (Å²) < 4.78 is 32.9. The lowest BCUT2D eigenvalue weighted by molar-refractivity contribution is -0.122. The van der Waals surface area contributed by atoms with Crippen LogP contribution in [0.4, 0.5) is 11.4 Å². The SMILES string of the molecule is Cc1ccc(S(=O)(=O)N2CCC(C(=O)Nc3ccc4c(c3)NC(=O)[C@H](C)O4)CC2)cc1C. The smallest absolute Gasteiger partial charge is 0.265 e. The lowest BCUT2D eigenvalue weighted by Gasteiger charge is -2.30. The number of amides is 2. The Bertz CT molecular complexity index is 1170. The molecule has 2 aliphatic heterocycles. The standard InChI is InChI=1S/C23H27N3O5S/c1-14-4-6-19(12-15(14)2)32(29,30)26-10-8-17(9-11-26)23(28)24-18-5-7-21-20(13-18)25-22(27)16(3)31-21/h4-7,12-13,16-17H,8-11H2,1-3H3,(H,24,28)(H,25,27)/t16-/m0/s1. The first-order valence-electron chi connectivity index (χ1n) is 10.6. The van der Waals surface area contributed by atoms with Crippen molar-refractivity contribution >= 4 is 33.2 Å². The van der Waals surface area contributed by atoms with Gasteiger partial charge in [0.25, 0.3) is 5.91 Å². The first-order valence-corrected chi connectivity index (χ1v) is 12.1. The fourth-order valence-electron chi connectivity index (χ4n) is 3.91. The number of aryl methyl sites for hydroxylation is 2. The molecule has 2 aromatic carbocycles. The molecule has 1 atom stereocenters. The molecule has 2 aliphatic rings. The van der Waals surface area contributed by atoms with E-state index in [2.05, 4.69) is 10.6 Å². The summed E-state index contributed by atoms with van der Waals surface area (Å²) in [5, 5.41) is 5.63. The van der Waals surface area contributed by atoms with Crippen molar-refractivity contribution in [2.24, 2.45) is 5.92 Å². The highest BCUT2D eigenvalue weighted by atomic mass is 32.2. The van der Waals surface area contributed by atoms with Crippen molar-refractivity contribution in [3.05, 3.63) is 47.5 Å². The van der Waals surface area contributed by atoms with Crippen LogP contribution >= 0.6 is 0 Å². The third-order valence-electron chi connectivity index (χ3n) is 6.12. The largest absolute Gasteiger partial charge is 0.479 e. The molecule has 8 nitrogen and oxygen atoms in total. The van der Waals surface area contributed by atoms with Crippen LogP contribution in [0, 0.1) is 19.8 Å². The van der Waals surface area contributed by atoms with Gasteiger partial charge in [0, 0.05) is 24.7 Å². The zero-order valence-corrected chi connectivity index (χ0v) is 19.2. The molecule has 1 fully saturated rings. The molecule has 0 aliphatic carbocycles. The fraction of sp³-hybridized carbons (Fsp3) is 0.391. The number of sulfonamides is 1. The third-order valence-corrected chi connectivity index (χ3v) is 8.01. The van der Waals surface area contributed by atoms with E-state index in [1.54, 1.807) is 37.3 Å². The second kappa shape index (κ2) is 8.55. The van der Waals surface area contributed by atoms with E-state index in [0.717, 1.165) is 11.1 Å². The first-order chi connectivity index (χ1) is 15.1. The minimum atomic E-state index is -3.58. The Morgan fingerprint density at radius 1 is 1.09 bits per heavy atom. The van der Waals surface area contributed by atoms with Gasteiger partial charge in [-0.05, 0) is 75.1 Å². The minimum Gasteiger partial charge on any atom is -0.479 e. The van der Waals surface area contributed by atoms with Crippen molar-refractivity contribution in [3.8, 4) is 5.75 Å². The Balaban J connectivity index is 1.38. The van der Waals surface area contributed by atoms with E-state index in [1.165, 1.54) is 4.31 Å². The molecule has 0 saturated carbocycles. The maximum atomic E-state index is 13.0. The van der Waals surface area contributed by atoms with Crippen molar-refractivity contribution in [2.75, 3.05) is 23.7 Å². The third kappa shape index (κ3) is 4.35. The van der Waals surface area contributed by atoms with E-state index in [4.69, 9.17) is 4.74 Å². The van der Waals surface area contributed by atoms with Gasteiger partial charge in [0.2, 0.25) is 15.9 Å². The summed E-state index contributed by atoms with van der Waals surface area (Å²) in [6, 6.07) is 10.2. The van der Waals surface area contributed by atoms with Crippen LogP contribution < -0.4 is 15.4 Å². The molecule has 1 saturated heterocycles. The number of nitrogens with zero attached hydrogens (tertiary/aromatic N) is 1. The number of rotatable bonds is 4. The van der Waals surface area contributed by atoms with Gasteiger partial charge < -0.3 is 15.4 Å². The predicted octanol–water partition coefficient (Wildman–Crippen LogP) is 3.06. The lowest BCUT2D eigenvalue weighted by Crippen LogP contribution is -2.41. The molecule has 2 heterocycles. The molecule has 170 valence electrons. The minimum absolute atomic E-state index is 0.162. The molecule has 32 heavy (non-hydrogen) atoms. The van der Waals surface area contributed by atoms with Crippen LogP contribution in [0.25, 0.3) is 0 Å². The monoisotopic (exact) mass is 457 g/mol. The number of hydrogen-bond acceptors (Lipinski definition) is 5. The van der Waals surface area contributed by atoms with E-state index in [-0.39, 0.29) is 22.6 Å². The average molecular weight is 458 g/mol. The number of carbonyl (C=O) groups excluding carboxylic acids is 2. The van der Waals surface area contributed by atoms with Crippen LogP contribution in [0.2, 0.25) is 0 Å². The van der Waals surface area contributed by atoms with E-state index < -0.39 is 16.1 Å².